The van der Waals surface area contributed by atoms with Gasteiger partial charge in [-0.05, 0) is 31.5 Å². The van der Waals surface area contributed by atoms with Gasteiger partial charge in [0.2, 0.25) is 11.8 Å². The molecule has 2 amide bonds. The summed E-state index contributed by atoms with van der Waals surface area (Å²) in [5, 5.41) is 32.7. The van der Waals surface area contributed by atoms with Gasteiger partial charge in [-0.25, -0.2) is 4.79 Å². The van der Waals surface area contributed by atoms with E-state index in [9.17, 15) is 29.6 Å². The number of nitro benzene ring substituents is 1. The number of nitrogens with zero attached hydrogens (tertiary/aromatic N) is 1. The zero-order chi connectivity index (χ0) is 30.6. The number of carbonyl (C=O) groups is 3. The average molecular weight is 582 g/mol. The quantitative estimate of drug-likeness (QED) is 0.0943. The number of para-hydroxylation sites is 1. The van der Waals surface area contributed by atoms with Gasteiger partial charge in [0.25, 0.3) is 5.69 Å². The summed E-state index contributed by atoms with van der Waals surface area (Å²) in [7, 11) is 1.20. The first kappa shape index (κ1) is 31.8. The Hall–Kier alpha value is -4.75. The molecule has 0 aromatic heterocycles. The van der Waals surface area contributed by atoms with E-state index >= 15 is 0 Å². The Balaban J connectivity index is 1.55. The predicted molar refractivity (Wildman–Crippen MR) is 153 cm³/mol. The second kappa shape index (κ2) is 15.3. The number of rotatable bonds is 14. The van der Waals surface area contributed by atoms with Crippen LogP contribution in [0.25, 0.3) is 0 Å². The van der Waals surface area contributed by atoms with E-state index in [0.717, 1.165) is 0 Å². The number of allylic oxidation sites excluding steroid dienone is 2. The molecule has 13 nitrogen and oxygen atoms in total. The summed E-state index contributed by atoms with van der Waals surface area (Å²) in [6, 6.07) is 14.8. The molecule has 13 heteroatoms. The van der Waals surface area contributed by atoms with E-state index in [1.807, 2.05) is 18.2 Å². The van der Waals surface area contributed by atoms with E-state index in [-0.39, 0.29) is 43.1 Å². The third-order valence-corrected chi connectivity index (χ3v) is 6.42. The van der Waals surface area contributed by atoms with Gasteiger partial charge in [-0.3, -0.25) is 19.7 Å². The summed E-state index contributed by atoms with van der Waals surface area (Å²) in [5.41, 5.74) is 1.27. The molecule has 0 bridgehead atoms. The first-order valence-corrected chi connectivity index (χ1v) is 13.2. The molecule has 0 fully saturated rings. The van der Waals surface area contributed by atoms with Crippen LogP contribution < -0.4 is 26.0 Å². The van der Waals surface area contributed by atoms with Gasteiger partial charge in [0.1, 0.15) is 18.5 Å². The van der Waals surface area contributed by atoms with Gasteiger partial charge in [-0.15, -0.1) is 0 Å². The highest BCUT2D eigenvalue weighted by Crippen LogP contribution is 2.39. The maximum atomic E-state index is 13.3. The number of aliphatic hydroxyl groups excluding tert-OH is 1. The number of dihydropyridines is 1. The number of carbonyl (C=O) groups excluding carboxylic acids is 3. The van der Waals surface area contributed by atoms with Crippen molar-refractivity contribution in [3.8, 4) is 5.75 Å². The molecule has 1 heterocycles. The average Bonchev–Trinajstić information content (AvgIpc) is 2.98. The topological polar surface area (TPSA) is 181 Å². The molecule has 0 spiro atoms. The maximum absolute atomic E-state index is 13.3. The fourth-order valence-electron chi connectivity index (χ4n) is 4.47. The third-order valence-electron chi connectivity index (χ3n) is 6.42. The van der Waals surface area contributed by atoms with Crippen molar-refractivity contribution in [1.29, 1.82) is 0 Å². The fraction of sp³-hybridized carbons (Fsp3) is 0.345. The Kier molecular flexibility index (Phi) is 11.6. The number of non-ortho nitro benzene ring substituents is 1. The molecule has 1 aliphatic rings. The minimum atomic E-state index is -0.969. The van der Waals surface area contributed by atoms with Crippen LogP contribution in [0.15, 0.2) is 77.1 Å². The molecule has 1 aliphatic heterocycles. The van der Waals surface area contributed by atoms with Crippen LogP contribution >= 0.6 is 0 Å². The zero-order valence-corrected chi connectivity index (χ0v) is 23.6. The summed E-state index contributed by atoms with van der Waals surface area (Å²) < 4.78 is 10.4. The summed E-state index contributed by atoms with van der Waals surface area (Å²) in [4.78, 5) is 49.3. The number of amides is 2. The molecule has 2 atom stereocenters. The lowest BCUT2D eigenvalue weighted by Crippen LogP contribution is -2.43. The van der Waals surface area contributed by atoms with Crippen LogP contribution in [0, 0.1) is 10.1 Å². The lowest BCUT2D eigenvalue weighted by Gasteiger charge is -2.30. The minimum Gasteiger partial charge on any atom is -0.491 e. The van der Waals surface area contributed by atoms with Crippen molar-refractivity contribution in [2.24, 2.45) is 0 Å². The van der Waals surface area contributed by atoms with Crippen LogP contribution in [-0.4, -0.2) is 73.8 Å². The highest BCUT2D eigenvalue weighted by atomic mass is 16.6. The van der Waals surface area contributed by atoms with Gasteiger partial charge in [0.15, 0.2) is 0 Å². The van der Waals surface area contributed by atoms with Crippen molar-refractivity contribution < 1.29 is 33.9 Å². The zero-order valence-electron chi connectivity index (χ0n) is 23.6. The molecule has 2 unspecified atom stereocenters. The first-order valence-electron chi connectivity index (χ1n) is 13.2. The normalized spacial score (nSPS) is 15.4. The lowest BCUT2D eigenvalue weighted by molar-refractivity contribution is -0.384. The number of benzene rings is 2. The van der Waals surface area contributed by atoms with Crippen molar-refractivity contribution >= 4 is 23.5 Å². The monoisotopic (exact) mass is 581 g/mol. The predicted octanol–water partition coefficient (Wildman–Crippen LogP) is 1.26. The van der Waals surface area contributed by atoms with Gasteiger partial charge in [0.05, 0.1) is 30.1 Å². The van der Waals surface area contributed by atoms with E-state index in [4.69, 9.17) is 9.47 Å². The number of hydrogen-bond donors (Lipinski definition) is 5. The summed E-state index contributed by atoms with van der Waals surface area (Å²) in [5.74, 6) is -2.09. The Morgan fingerprint density at radius 2 is 1.74 bits per heavy atom. The Labute approximate surface area is 243 Å². The molecule has 224 valence electrons. The Morgan fingerprint density at radius 3 is 2.43 bits per heavy atom. The molecule has 5 N–H and O–H groups in total. The summed E-state index contributed by atoms with van der Waals surface area (Å²) in [6.45, 7) is 3.93. The molecule has 0 saturated carbocycles. The molecule has 2 aromatic carbocycles. The van der Waals surface area contributed by atoms with Crippen molar-refractivity contribution in [3.63, 3.8) is 0 Å². The number of nitro groups is 1. The number of esters is 1. The second-order valence-corrected chi connectivity index (χ2v) is 9.49. The third kappa shape index (κ3) is 8.62. The number of ether oxygens (including phenoxy) is 2. The standard InChI is InChI=1S/C29H35N5O8/c1-18-25(27(26(19(2)33-18)29(38)41-3)20-8-7-9-21(14-20)34(39)40)28(37)32-16-24(36)31-13-12-30-15-22(35)17-42-23-10-5-4-6-11-23/h4-11,14,22,27,30,33,35H,12-13,15-17H2,1-3H3,(H,31,36)(H,32,37). The fourth-order valence-corrected chi connectivity index (χ4v) is 4.47. The first-order chi connectivity index (χ1) is 20.1. The van der Waals surface area contributed by atoms with E-state index in [1.54, 1.807) is 32.0 Å². The van der Waals surface area contributed by atoms with E-state index < -0.39 is 34.7 Å². The lowest BCUT2D eigenvalue weighted by atomic mass is 9.80. The smallest absolute Gasteiger partial charge is 0.336 e. The second-order valence-electron chi connectivity index (χ2n) is 9.49. The molecule has 0 radical (unpaired) electrons. The molecule has 3 rings (SSSR count). The minimum absolute atomic E-state index is 0.114. The van der Waals surface area contributed by atoms with Crippen LogP contribution in [0.4, 0.5) is 5.69 Å². The van der Waals surface area contributed by atoms with Crippen LogP contribution in [0.1, 0.15) is 25.3 Å². The van der Waals surface area contributed by atoms with E-state index in [0.29, 0.717) is 29.3 Å². The SMILES string of the molecule is COC(=O)C1=C(C)NC(C)=C(C(=O)NCC(=O)NCCNCC(O)COc2ccccc2)C1c1cccc([N+](=O)[O-])c1. The van der Waals surface area contributed by atoms with Gasteiger partial charge in [-0.1, -0.05) is 30.3 Å². The van der Waals surface area contributed by atoms with Crippen molar-refractivity contribution in [2.45, 2.75) is 25.9 Å². The molecule has 0 aliphatic carbocycles. The molecule has 0 saturated heterocycles. The van der Waals surface area contributed by atoms with E-state index in [2.05, 4.69) is 21.3 Å². The van der Waals surface area contributed by atoms with Gasteiger partial charge in [0, 0.05) is 48.7 Å². The van der Waals surface area contributed by atoms with Crippen molar-refractivity contribution in [3.05, 3.63) is 92.8 Å². The van der Waals surface area contributed by atoms with Gasteiger partial charge in [-0.2, -0.15) is 0 Å². The highest BCUT2D eigenvalue weighted by Gasteiger charge is 2.37. The molecular weight excluding hydrogens is 546 g/mol. The summed E-state index contributed by atoms with van der Waals surface area (Å²) >= 11 is 0. The van der Waals surface area contributed by atoms with Crippen LogP contribution in [-0.2, 0) is 19.1 Å². The van der Waals surface area contributed by atoms with Crippen LogP contribution in [0.5, 0.6) is 5.75 Å². The molecule has 2 aromatic rings. The molecule has 42 heavy (non-hydrogen) atoms. The number of nitrogens with one attached hydrogen (secondary N) is 4. The van der Waals surface area contributed by atoms with Crippen molar-refractivity contribution in [1.82, 2.24) is 21.3 Å². The van der Waals surface area contributed by atoms with Crippen LogP contribution in [0.2, 0.25) is 0 Å². The largest absolute Gasteiger partial charge is 0.491 e. The van der Waals surface area contributed by atoms with E-state index in [1.165, 1.54) is 25.3 Å². The Bertz CT molecular complexity index is 1360. The highest BCUT2D eigenvalue weighted by molar-refractivity contribution is 6.03. The summed E-state index contributed by atoms with van der Waals surface area (Å²) in [6.07, 6.45) is -0.743. The molecular formula is C29H35N5O8. The number of aliphatic hydroxyl groups is 1. The van der Waals surface area contributed by atoms with Crippen molar-refractivity contribution in [2.75, 3.05) is 39.9 Å². The van der Waals surface area contributed by atoms with Gasteiger partial charge >= 0.3 is 5.97 Å². The number of methoxy groups -OCH3 is 1. The Morgan fingerprint density at radius 1 is 1.02 bits per heavy atom. The van der Waals surface area contributed by atoms with Gasteiger partial charge < -0.3 is 35.8 Å². The van der Waals surface area contributed by atoms with Crippen LogP contribution in [0.3, 0.4) is 0 Å². The number of hydrogen-bond acceptors (Lipinski definition) is 10. The maximum Gasteiger partial charge on any atom is 0.336 e.